The number of thiophene rings is 1. The first-order valence-electron chi connectivity index (χ1n) is 18.0. The van der Waals surface area contributed by atoms with Gasteiger partial charge in [0.05, 0.1) is 11.4 Å². The Balaban J connectivity index is 0.994. The van der Waals surface area contributed by atoms with Crippen molar-refractivity contribution in [3.8, 4) is 79.2 Å². The van der Waals surface area contributed by atoms with Crippen molar-refractivity contribution in [2.24, 2.45) is 0 Å². The van der Waals surface area contributed by atoms with E-state index < -0.39 is 0 Å². The smallest absolute Gasteiger partial charge is 0.164 e. The Morgan fingerprint density at radius 2 is 0.818 bits per heavy atom. The Bertz CT molecular complexity index is 2840. The van der Waals surface area contributed by atoms with Gasteiger partial charge in [0.25, 0.3) is 0 Å². The second-order valence-electron chi connectivity index (χ2n) is 13.2. The van der Waals surface area contributed by atoms with Crippen LogP contribution in [0.25, 0.3) is 99.4 Å². The van der Waals surface area contributed by atoms with Gasteiger partial charge in [0, 0.05) is 65.9 Å². The third-order valence-electron chi connectivity index (χ3n) is 9.66. The molecular weight excluding hydrogens is 693 g/mol. The number of aromatic nitrogens is 6. The normalized spacial score (nSPS) is 11.3. The predicted molar refractivity (Wildman–Crippen MR) is 224 cm³/mol. The van der Waals surface area contributed by atoms with E-state index >= 15 is 0 Å². The molecule has 0 aliphatic rings. The average molecular weight is 723 g/mol. The van der Waals surface area contributed by atoms with Crippen LogP contribution in [0, 0.1) is 0 Å². The number of hydrogen-bond acceptors (Lipinski definition) is 7. The minimum Gasteiger partial charge on any atom is -0.264 e. The fraction of sp³-hybridized carbons (Fsp3) is 0. The largest absolute Gasteiger partial charge is 0.264 e. The van der Waals surface area contributed by atoms with Crippen molar-refractivity contribution in [3.63, 3.8) is 0 Å². The molecule has 0 bridgehead atoms. The van der Waals surface area contributed by atoms with Crippen molar-refractivity contribution >= 4 is 31.5 Å². The Morgan fingerprint density at radius 1 is 0.309 bits per heavy atom. The van der Waals surface area contributed by atoms with Crippen molar-refractivity contribution in [2.45, 2.75) is 0 Å². The monoisotopic (exact) mass is 722 g/mol. The molecule has 0 aliphatic heterocycles. The topological polar surface area (TPSA) is 77.3 Å². The molecule has 10 rings (SSSR count). The van der Waals surface area contributed by atoms with Gasteiger partial charge in [-0.05, 0) is 53.6 Å². The van der Waals surface area contributed by atoms with E-state index in [4.69, 9.17) is 24.9 Å². The molecule has 6 nitrogen and oxygen atoms in total. The third kappa shape index (κ3) is 6.43. The van der Waals surface area contributed by atoms with Crippen molar-refractivity contribution in [1.29, 1.82) is 0 Å². The summed E-state index contributed by atoms with van der Waals surface area (Å²) >= 11 is 1.80. The molecule has 4 heterocycles. The molecule has 0 saturated heterocycles. The van der Waals surface area contributed by atoms with Gasteiger partial charge in [0.2, 0.25) is 0 Å². The first-order chi connectivity index (χ1) is 27.2. The minimum atomic E-state index is 0.651. The zero-order valence-corrected chi connectivity index (χ0v) is 30.2. The van der Waals surface area contributed by atoms with Gasteiger partial charge in [0.1, 0.15) is 0 Å². The van der Waals surface area contributed by atoms with E-state index in [0.717, 1.165) is 55.9 Å². The molecule has 0 radical (unpaired) electrons. The van der Waals surface area contributed by atoms with Gasteiger partial charge < -0.3 is 0 Å². The highest BCUT2D eigenvalue weighted by Gasteiger charge is 2.15. The minimum absolute atomic E-state index is 0.651. The molecule has 0 atom stereocenters. The average Bonchev–Trinajstić information content (AvgIpc) is 3.64. The van der Waals surface area contributed by atoms with E-state index in [-0.39, 0.29) is 0 Å². The molecule has 258 valence electrons. The molecule has 0 aliphatic carbocycles. The van der Waals surface area contributed by atoms with Gasteiger partial charge in [-0.15, -0.1) is 11.3 Å². The van der Waals surface area contributed by atoms with E-state index in [1.165, 1.54) is 20.2 Å². The number of nitrogens with zero attached hydrogens (tertiary/aromatic N) is 6. The lowest BCUT2D eigenvalue weighted by molar-refractivity contribution is 1.07. The Labute approximate surface area is 321 Å². The van der Waals surface area contributed by atoms with Crippen LogP contribution in [-0.2, 0) is 0 Å². The molecule has 55 heavy (non-hydrogen) atoms. The molecule has 0 N–H and O–H groups in total. The maximum atomic E-state index is 4.99. The molecule has 0 amide bonds. The summed E-state index contributed by atoms with van der Waals surface area (Å²) in [6, 6.07) is 58.1. The molecule has 7 heteroatoms. The van der Waals surface area contributed by atoms with Crippen LogP contribution >= 0.6 is 11.3 Å². The zero-order valence-electron chi connectivity index (χ0n) is 29.4. The Hall–Kier alpha value is -7.22. The second-order valence-corrected chi connectivity index (χ2v) is 14.3. The first kappa shape index (κ1) is 32.4. The molecule has 0 fully saturated rings. The highest BCUT2D eigenvalue weighted by Crippen LogP contribution is 2.39. The van der Waals surface area contributed by atoms with E-state index in [1.807, 2.05) is 115 Å². The summed E-state index contributed by atoms with van der Waals surface area (Å²) in [5, 5.41) is 2.39. The van der Waals surface area contributed by atoms with Crippen molar-refractivity contribution in [1.82, 2.24) is 29.9 Å². The number of pyridine rings is 1. The van der Waals surface area contributed by atoms with Crippen LogP contribution < -0.4 is 0 Å². The van der Waals surface area contributed by atoms with Crippen LogP contribution in [0.1, 0.15) is 0 Å². The van der Waals surface area contributed by atoms with E-state index in [9.17, 15) is 0 Å². The summed E-state index contributed by atoms with van der Waals surface area (Å²) in [4.78, 5) is 29.0. The molecule has 6 aromatic carbocycles. The van der Waals surface area contributed by atoms with Crippen LogP contribution in [-0.4, -0.2) is 29.9 Å². The number of benzene rings is 6. The fourth-order valence-electron chi connectivity index (χ4n) is 6.84. The summed E-state index contributed by atoms with van der Waals surface area (Å²) in [6.45, 7) is 0. The van der Waals surface area contributed by atoms with Crippen LogP contribution in [0.4, 0.5) is 0 Å². The SMILES string of the molecule is c1ccc(-c2nc(-c3ccc(-c4ccc5c(c4)sc4ccc(-c6nc(-c7ccccc7)nc(-c7ccccc7)n6)cc45)cc3)cc(-c3cccnc3)n2)cc1. The number of rotatable bonds is 7. The van der Waals surface area contributed by atoms with Crippen LogP contribution in [0.3, 0.4) is 0 Å². The maximum Gasteiger partial charge on any atom is 0.164 e. The fourth-order valence-corrected chi connectivity index (χ4v) is 7.97. The third-order valence-corrected chi connectivity index (χ3v) is 10.8. The van der Waals surface area contributed by atoms with Gasteiger partial charge in [0.15, 0.2) is 23.3 Å². The Morgan fingerprint density at radius 3 is 1.42 bits per heavy atom. The van der Waals surface area contributed by atoms with E-state index in [2.05, 4.69) is 65.6 Å². The van der Waals surface area contributed by atoms with Crippen molar-refractivity contribution < 1.29 is 0 Å². The van der Waals surface area contributed by atoms with Gasteiger partial charge >= 0.3 is 0 Å². The lowest BCUT2D eigenvalue weighted by atomic mass is 10.0. The second kappa shape index (κ2) is 14.0. The first-order valence-corrected chi connectivity index (χ1v) is 18.8. The lowest BCUT2D eigenvalue weighted by Gasteiger charge is -2.10. The summed E-state index contributed by atoms with van der Waals surface area (Å²) in [6.07, 6.45) is 3.61. The Kier molecular flexibility index (Phi) is 8.24. The molecule has 4 aromatic heterocycles. The number of fused-ring (bicyclic) bond motifs is 3. The van der Waals surface area contributed by atoms with Gasteiger partial charge in [-0.25, -0.2) is 24.9 Å². The summed E-state index contributed by atoms with van der Waals surface area (Å²) in [5.41, 5.74) is 9.80. The number of hydrogen-bond donors (Lipinski definition) is 0. The molecule has 10 aromatic rings. The van der Waals surface area contributed by atoms with Crippen LogP contribution in [0.15, 0.2) is 182 Å². The maximum absolute atomic E-state index is 4.99. The molecule has 0 spiro atoms. The van der Waals surface area contributed by atoms with E-state index in [0.29, 0.717) is 23.3 Å². The van der Waals surface area contributed by atoms with Crippen LogP contribution in [0.5, 0.6) is 0 Å². The standard InChI is InChI=1S/C48H30N6S/c1-4-11-33(12-5-1)45-50-41(29-42(51-45)38-17-10-26-49-30-38)32-20-18-31(19-21-32)36-22-24-39-40-27-37(23-25-43(40)55-44(39)28-36)48-53-46(34-13-6-2-7-14-34)52-47(54-48)35-15-8-3-9-16-35/h1-30H. The lowest BCUT2D eigenvalue weighted by Crippen LogP contribution is -2.00. The highest BCUT2D eigenvalue weighted by atomic mass is 32.1. The van der Waals surface area contributed by atoms with Gasteiger partial charge in [-0.3, -0.25) is 4.98 Å². The van der Waals surface area contributed by atoms with Crippen LogP contribution in [0.2, 0.25) is 0 Å². The predicted octanol–water partition coefficient (Wildman–Crippen LogP) is 12.1. The molecule has 0 unspecified atom stereocenters. The van der Waals surface area contributed by atoms with Crippen molar-refractivity contribution in [3.05, 3.63) is 182 Å². The summed E-state index contributed by atoms with van der Waals surface area (Å²) in [7, 11) is 0. The quantitative estimate of drug-likeness (QED) is 0.163. The highest BCUT2D eigenvalue weighted by molar-refractivity contribution is 7.25. The zero-order chi connectivity index (χ0) is 36.6. The van der Waals surface area contributed by atoms with E-state index in [1.54, 1.807) is 17.5 Å². The summed E-state index contributed by atoms with van der Waals surface area (Å²) in [5.74, 6) is 2.64. The molecular formula is C48H30N6S. The van der Waals surface area contributed by atoms with Gasteiger partial charge in [-0.1, -0.05) is 127 Å². The summed E-state index contributed by atoms with van der Waals surface area (Å²) < 4.78 is 2.44. The van der Waals surface area contributed by atoms with Gasteiger partial charge in [-0.2, -0.15) is 0 Å². The van der Waals surface area contributed by atoms with Crippen molar-refractivity contribution in [2.75, 3.05) is 0 Å². The molecule has 0 saturated carbocycles.